The van der Waals surface area contributed by atoms with E-state index < -0.39 is 0 Å². The fourth-order valence-electron chi connectivity index (χ4n) is 3.72. The molecule has 4 nitrogen and oxygen atoms in total. The van der Waals surface area contributed by atoms with Crippen LogP contribution in [0.4, 0.5) is 17.1 Å². The number of carbonyl (C=O) groups excluding carboxylic acids is 1. The second-order valence-electron chi connectivity index (χ2n) is 9.21. The molecular weight excluding hydrogens is 358 g/mol. The summed E-state index contributed by atoms with van der Waals surface area (Å²) in [7, 11) is 0. The minimum Gasteiger partial charge on any atom is -0.398 e. The Morgan fingerprint density at radius 3 is 1.28 bits per heavy atom. The van der Waals surface area contributed by atoms with Crippen molar-refractivity contribution in [2.75, 3.05) is 16.8 Å². The number of nitrogens with two attached hydrogens (primary N) is 2. The highest BCUT2D eigenvalue weighted by molar-refractivity contribution is 6.05. The van der Waals surface area contributed by atoms with Gasteiger partial charge in [0.2, 0.25) is 0 Å². The Balaban J connectivity index is 2.50. The van der Waals surface area contributed by atoms with Crippen molar-refractivity contribution in [3.05, 3.63) is 52.1 Å². The summed E-state index contributed by atoms with van der Waals surface area (Å²) in [5.41, 5.74) is 20.0. The van der Waals surface area contributed by atoms with Crippen LogP contribution in [0.2, 0.25) is 0 Å². The second-order valence-corrected chi connectivity index (χ2v) is 9.21. The zero-order valence-electron chi connectivity index (χ0n) is 19.2. The summed E-state index contributed by atoms with van der Waals surface area (Å²) in [6.45, 7) is 16.9. The van der Waals surface area contributed by atoms with E-state index in [0.717, 1.165) is 39.3 Å². The molecule has 0 bridgehead atoms. The van der Waals surface area contributed by atoms with Gasteiger partial charge in [-0.15, -0.1) is 0 Å². The molecule has 0 spiro atoms. The first-order chi connectivity index (χ1) is 13.4. The van der Waals surface area contributed by atoms with Gasteiger partial charge in [-0.1, -0.05) is 55.4 Å². The van der Waals surface area contributed by atoms with Gasteiger partial charge < -0.3 is 16.8 Å². The van der Waals surface area contributed by atoms with Crippen molar-refractivity contribution in [3.8, 4) is 0 Å². The third-order valence-corrected chi connectivity index (χ3v) is 5.50. The lowest BCUT2D eigenvalue weighted by Gasteiger charge is -2.20. The van der Waals surface area contributed by atoms with E-state index in [4.69, 9.17) is 11.5 Å². The number of hydrogen-bond donors (Lipinski definition) is 3. The Morgan fingerprint density at radius 1 is 0.655 bits per heavy atom. The van der Waals surface area contributed by atoms with Crippen molar-refractivity contribution in [1.29, 1.82) is 0 Å². The van der Waals surface area contributed by atoms with Gasteiger partial charge in [-0.2, -0.15) is 0 Å². The van der Waals surface area contributed by atoms with Gasteiger partial charge >= 0.3 is 0 Å². The van der Waals surface area contributed by atoms with Crippen molar-refractivity contribution in [2.24, 2.45) is 0 Å². The maximum atomic E-state index is 13.1. The van der Waals surface area contributed by atoms with Crippen LogP contribution in [-0.4, -0.2) is 5.91 Å². The molecule has 0 fully saturated rings. The molecular formula is C25H37N3O. The van der Waals surface area contributed by atoms with E-state index in [-0.39, 0.29) is 29.6 Å². The molecule has 0 heterocycles. The van der Waals surface area contributed by atoms with Crippen LogP contribution in [0.5, 0.6) is 0 Å². The summed E-state index contributed by atoms with van der Waals surface area (Å²) in [6, 6.07) is 7.83. The second kappa shape index (κ2) is 8.89. The molecule has 4 heteroatoms. The van der Waals surface area contributed by atoms with E-state index in [9.17, 15) is 4.79 Å². The summed E-state index contributed by atoms with van der Waals surface area (Å²) >= 11 is 0. The largest absolute Gasteiger partial charge is 0.398 e. The van der Waals surface area contributed by atoms with Crippen LogP contribution in [0.15, 0.2) is 24.3 Å². The maximum absolute atomic E-state index is 13.1. The highest BCUT2D eigenvalue weighted by atomic mass is 16.1. The first kappa shape index (κ1) is 22.8. The van der Waals surface area contributed by atoms with Crippen molar-refractivity contribution in [3.63, 3.8) is 0 Å². The number of amides is 1. The third-order valence-electron chi connectivity index (χ3n) is 5.50. The minimum absolute atomic E-state index is 0.122. The van der Waals surface area contributed by atoms with E-state index in [1.165, 1.54) is 0 Å². The Kier molecular flexibility index (Phi) is 6.99. The van der Waals surface area contributed by atoms with Gasteiger partial charge in [-0.25, -0.2) is 0 Å². The van der Waals surface area contributed by atoms with Gasteiger partial charge in [-0.05, 0) is 70.2 Å². The Labute approximate surface area is 176 Å². The topological polar surface area (TPSA) is 81.1 Å². The molecule has 0 aliphatic heterocycles. The first-order valence-corrected chi connectivity index (χ1v) is 10.6. The molecule has 0 aromatic heterocycles. The number of nitrogen functional groups attached to an aromatic ring is 2. The van der Waals surface area contributed by atoms with Crippen LogP contribution in [0.1, 0.15) is 112 Å². The predicted octanol–water partition coefficient (Wildman–Crippen LogP) is 6.60. The van der Waals surface area contributed by atoms with Crippen molar-refractivity contribution >= 4 is 23.0 Å². The summed E-state index contributed by atoms with van der Waals surface area (Å²) in [6.07, 6.45) is 0. The smallest absolute Gasteiger partial charge is 0.255 e. The quantitative estimate of drug-likeness (QED) is 0.482. The lowest BCUT2D eigenvalue weighted by atomic mass is 9.90. The molecule has 0 atom stereocenters. The lowest BCUT2D eigenvalue weighted by Crippen LogP contribution is -2.16. The molecule has 0 unspecified atom stereocenters. The number of nitrogens with one attached hydrogen (secondary N) is 1. The number of rotatable bonds is 6. The van der Waals surface area contributed by atoms with Crippen LogP contribution >= 0.6 is 0 Å². The molecule has 5 N–H and O–H groups in total. The normalized spacial score (nSPS) is 11.7. The summed E-state index contributed by atoms with van der Waals surface area (Å²) in [4.78, 5) is 13.1. The van der Waals surface area contributed by atoms with E-state index in [2.05, 4.69) is 60.7 Å². The molecule has 0 aliphatic carbocycles. The van der Waals surface area contributed by atoms with Gasteiger partial charge in [-0.3, -0.25) is 4.79 Å². The molecule has 0 radical (unpaired) electrons. The highest BCUT2D eigenvalue weighted by Crippen LogP contribution is 2.35. The highest BCUT2D eigenvalue weighted by Gasteiger charge is 2.19. The molecule has 1 amide bonds. The standard InChI is InChI=1S/C25H37N3O/c1-13(2)19-9-17(10-20(14(3)4)23(19)26)25(29)28-18-11-21(15(5)6)24(27)22(12-18)16(7)8/h9-16H,26-27H2,1-8H3,(H,28,29). The first-order valence-electron chi connectivity index (χ1n) is 10.6. The van der Waals surface area contributed by atoms with Crippen molar-refractivity contribution in [1.82, 2.24) is 0 Å². The van der Waals surface area contributed by atoms with Crippen LogP contribution in [0.3, 0.4) is 0 Å². The fraction of sp³-hybridized carbons (Fsp3) is 0.480. The lowest BCUT2D eigenvalue weighted by molar-refractivity contribution is 0.102. The molecule has 29 heavy (non-hydrogen) atoms. The van der Waals surface area contributed by atoms with E-state index in [0.29, 0.717) is 5.56 Å². The molecule has 158 valence electrons. The Morgan fingerprint density at radius 2 is 0.966 bits per heavy atom. The Bertz CT molecular complexity index is 837. The maximum Gasteiger partial charge on any atom is 0.255 e. The van der Waals surface area contributed by atoms with E-state index in [1.807, 2.05) is 24.3 Å². The molecule has 0 aliphatic rings. The SMILES string of the molecule is CC(C)c1cc(NC(=O)c2cc(C(C)C)c(N)c(C(C)C)c2)cc(C(C)C)c1N. The summed E-state index contributed by atoms with van der Waals surface area (Å²) in [5, 5.41) is 3.09. The van der Waals surface area contributed by atoms with Crippen LogP contribution in [-0.2, 0) is 0 Å². The molecule has 2 aromatic carbocycles. The fourth-order valence-corrected chi connectivity index (χ4v) is 3.72. The van der Waals surface area contributed by atoms with E-state index in [1.54, 1.807) is 0 Å². The van der Waals surface area contributed by atoms with Crippen LogP contribution in [0, 0.1) is 0 Å². The molecule has 2 rings (SSSR count). The van der Waals surface area contributed by atoms with Gasteiger partial charge in [0.25, 0.3) is 5.91 Å². The number of carbonyl (C=O) groups is 1. The zero-order chi connectivity index (χ0) is 22.0. The predicted molar refractivity (Wildman–Crippen MR) is 126 cm³/mol. The molecule has 0 saturated carbocycles. The third kappa shape index (κ3) is 4.92. The molecule has 0 saturated heterocycles. The van der Waals surface area contributed by atoms with Gasteiger partial charge in [0.05, 0.1) is 0 Å². The van der Waals surface area contributed by atoms with Gasteiger partial charge in [0.15, 0.2) is 0 Å². The average molecular weight is 396 g/mol. The Hall–Kier alpha value is -2.49. The van der Waals surface area contributed by atoms with Crippen molar-refractivity contribution in [2.45, 2.75) is 79.1 Å². The summed E-state index contributed by atoms with van der Waals surface area (Å²) < 4.78 is 0. The average Bonchev–Trinajstić information content (AvgIpc) is 2.61. The summed E-state index contributed by atoms with van der Waals surface area (Å²) in [5.74, 6) is 0.929. The monoisotopic (exact) mass is 395 g/mol. The zero-order valence-corrected chi connectivity index (χ0v) is 19.2. The van der Waals surface area contributed by atoms with Gasteiger partial charge in [0.1, 0.15) is 0 Å². The number of benzene rings is 2. The molecule has 2 aromatic rings. The van der Waals surface area contributed by atoms with Crippen molar-refractivity contribution < 1.29 is 4.79 Å². The number of hydrogen-bond acceptors (Lipinski definition) is 3. The van der Waals surface area contributed by atoms with Crippen LogP contribution in [0.25, 0.3) is 0 Å². The number of anilines is 3. The van der Waals surface area contributed by atoms with Gasteiger partial charge in [0, 0.05) is 22.6 Å². The van der Waals surface area contributed by atoms with Crippen LogP contribution < -0.4 is 16.8 Å². The minimum atomic E-state index is -0.122. The van der Waals surface area contributed by atoms with E-state index >= 15 is 0 Å².